The van der Waals surface area contributed by atoms with Gasteiger partial charge in [-0.2, -0.15) is 0 Å². The Morgan fingerprint density at radius 3 is 2.39 bits per heavy atom. The fraction of sp³-hybridized carbons (Fsp3) is 0.353. The summed E-state index contributed by atoms with van der Waals surface area (Å²) in [6.45, 7) is 5.97. The second kappa shape index (κ2) is 6.58. The summed E-state index contributed by atoms with van der Waals surface area (Å²) in [5, 5.41) is 2.11. The number of hydrogen-bond donors (Lipinski definition) is 0. The highest BCUT2D eigenvalue weighted by Crippen LogP contribution is 2.25. The predicted molar refractivity (Wildman–Crippen MR) is 89.7 cm³/mol. The van der Waals surface area contributed by atoms with Crippen LogP contribution in [-0.4, -0.2) is 23.7 Å². The van der Waals surface area contributed by atoms with E-state index in [0.717, 1.165) is 0 Å². The predicted octanol–water partition coefficient (Wildman–Crippen LogP) is 4.18. The number of carbonyl (C=O) groups excluding carboxylic acids is 2. The van der Waals surface area contributed by atoms with Gasteiger partial charge in [0.05, 0.1) is 0 Å². The number of amides is 1. The van der Waals surface area contributed by atoms with Crippen LogP contribution in [0, 0.1) is 11.2 Å². The topological polar surface area (TPSA) is 50.3 Å². The first-order valence-electron chi connectivity index (χ1n) is 7.20. The van der Waals surface area contributed by atoms with Crippen LogP contribution in [0.3, 0.4) is 0 Å². The second-order valence-corrected chi connectivity index (χ2v) is 7.38. The van der Waals surface area contributed by atoms with E-state index in [4.69, 9.17) is 0 Å². The number of hydrogen-bond acceptors (Lipinski definition) is 4. The minimum Gasteiger partial charge on any atom is -0.292 e. The molecule has 0 bridgehead atoms. The highest BCUT2D eigenvalue weighted by atomic mass is 32.1. The zero-order valence-electron chi connectivity index (χ0n) is 13.6. The van der Waals surface area contributed by atoms with Crippen molar-refractivity contribution < 1.29 is 14.0 Å². The highest BCUT2D eigenvalue weighted by Gasteiger charge is 2.22. The molecule has 0 spiro atoms. The van der Waals surface area contributed by atoms with Crippen LogP contribution in [0.5, 0.6) is 0 Å². The first-order chi connectivity index (χ1) is 10.7. The van der Waals surface area contributed by atoms with Crippen LogP contribution in [-0.2, 0) is 0 Å². The lowest BCUT2D eigenvalue weighted by Gasteiger charge is -2.16. The lowest BCUT2D eigenvalue weighted by molar-refractivity contribution is 0.0933. The maximum atomic E-state index is 12.9. The van der Waals surface area contributed by atoms with Gasteiger partial charge >= 0.3 is 0 Å². The van der Waals surface area contributed by atoms with E-state index in [0.29, 0.717) is 22.8 Å². The van der Waals surface area contributed by atoms with Gasteiger partial charge in [0.2, 0.25) is 0 Å². The molecule has 0 atom stereocenters. The Bertz CT molecular complexity index is 717. The summed E-state index contributed by atoms with van der Waals surface area (Å²) < 4.78 is 12.9. The van der Waals surface area contributed by atoms with Crippen LogP contribution in [0.4, 0.5) is 9.52 Å². The van der Waals surface area contributed by atoms with Crippen LogP contribution in [0.15, 0.2) is 29.6 Å². The lowest BCUT2D eigenvalue weighted by atomic mass is 9.89. The van der Waals surface area contributed by atoms with Gasteiger partial charge in [0.1, 0.15) is 11.5 Å². The molecule has 2 rings (SSSR count). The molecule has 1 aromatic carbocycles. The van der Waals surface area contributed by atoms with E-state index in [1.54, 1.807) is 12.4 Å². The third-order valence-corrected chi connectivity index (χ3v) is 4.07. The molecular formula is C17H19FN2O2S. The Balaban J connectivity index is 2.14. The van der Waals surface area contributed by atoms with Crippen molar-refractivity contribution in [1.82, 2.24) is 4.98 Å². The van der Waals surface area contributed by atoms with Crippen molar-refractivity contribution in [1.29, 1.82) is 0 Å². The van der Waals surface area contributed by atoms with E-state index in [1.807, 2.05) is 20.8 Å². The standard InChI is InChI=1S/C17H19FN2O2S/c1-17(2,3)9-14(21)13-10-23-16(19-13)20(4)15(22)11-5-7-12(18)8-6-11/h5-8,10H,9H2,1-4H3. The van der Waals surface area contributed by atoms with Crippen molar-refractivity contribution in [3.63, 3.8) is 0 Å². The zero-order chi connectivity index (χ0) is 17.2. The van der Waals surface area contributed by atoms with Crippen molar-refractivity contribution in [2.24, 2.45) is 5.41 Å². The number of nitrogens with zero attached hydrogens (tertiary/aromatic N) is 2. The Labute approximate surface area is 139 Å². The first-order valence-corrected chi connectivity index (χ1v) is 8.08. The summed E-state index contributed by atoms with van der Waals surface area (Å²) in [5.74, 6) is -0.731. The van der Waals surface area contributed by atoms with Gasteiger partial charge in [-0.25, -0.2) is 9.37 Å². The van der Waals surface area contributed by atoms with E-state index < -0.39 is 5.82 Å². The van der Waals surface area contributed by atoms with E-state index in [9.17, 15) is 14.0 Å². The fourth-order valence-corrected chi connectivity index (χ4v) is 2.78. The molecular weight excluding hydrogens is 315 g/mol. The summed E-state index contributed by atoms with van der Waals surface area (Å²) >= 11 is 1.24. The number of ketones is 1. The average Bonchev–Trinajstić information content (AvgIpc) is 2.94. The quantitative estimate of drug-likeness (QED) is 0.788. The molecule has 2 aromatic rings. The van der Waals surface area contributed by atoms with Crippen LogP contribution in [0.25, 0.3) is 0 Å². The summed E-state index contributed by atoms with van der Waals surface area (Å²) in [7, 11) is 1.59. The highest BCUT2D eigenvalue weighted by molar-refractivity contribution is 7.14. The molecule has 0 N–H and O–H groups in total. The van der Waals surface area contributed by atoms with Crippen LogP contribution >= 0.6 is 11.3 Å². The van der Waals surface area contributed by atoms with Crippen LogP contribution < -0.4 is 4.90 Å². The average molecular weight is 334 g/mol. The minimum atomic E-state index is -0.395. The largest absolute Gasteiger partial charge is 0.292 e. The molecule has 122 valence electrons. The Kier molecular flexibility index (Phi) is 4.94. The van der Waals surface area contributed by atoms with Gasteiger partial charge < -0.3 is 0 Å². The molecule has 23 heavy (non-hydrogen) atoms. The monoisotopic (exact) mass is 334 g/mol. The van der Waals surface area contributed by atoms with Gasteiger partial charge in [0.25, 0.3) is 5.91 Å². The molecule has 1 amide bonds. The summed E-state index contributed by atoms with van der Waals surface area (Å²) in [4.78, 5) is 30.1. The summed E-state index contributed by atoms with van der Waals surface area (Å²) in [5.41, 5.74) is 0.627. The summed E-state index contributed by atoms with van der Waals surface area (Å²) in [6, 6.07) is 5.32. The molecule has 0 unspecified atom stereocenters. The number of benzene rings is 1. The maximum Gasteiger partial charge on any atom is 0.259 e. The second-order valence-electron chi connectivity index (χ2n) is 6.55. The molecule has 4 nitrogen and oxygen atoms in total. The molecule has 6 heteroatoms. The Morgan fingerprint density at radius 2 is 1.83 bits per heavy atom. The molecule has 0 aliphatic heterocycles. The molecule has 0 fully saturated rings. The number of halogens is 1. The van der Waals surface area contributed by atoms with Gasteiger partial charge in [-0.15, -0.1) is 11.3 Å². The van der Waals surface area contributed by atoms with E-state index in [-0.39, 0.29) is 17.1 Å². The number of rotatable bonds is 4. The van der Waals surface area contributed by atoms with Crippen molar-refractivity contribution in [2.45, 2.75) is 27.2 Å². The van der Waals surface area contributed by atoms with E-state index in [2.05, 4.69) is 4.98 Å². The van der Waals surface area contributed by atoms with Gasteiger partial charge in [-0.05, 0) is 29.7 Å². The molecule has 1 heterocycles. The van der Waals surface area contributed by atoms with Gasteiger partial charge in [0, 0.05) is 24.4 Å². The lowest BCUT2D eigenvalue weighted by Crippen LogP contribution is -2.26. The zero-order valence-corrected chi connectivity index (χ0v) is 14.4. The van der Waals surface area contributed by atoms with Crippen LogP contribution in [0.2, 0.25) is 0 Å². The van der Waals surface area contributed by atoms with Crippen molar-refractivity contribution in [2.75, 3.05) is 11.9 Å². The smallest absolute Gasteiger partial charge is 0.259 e. The minimum absolute atomic E-state index is 0.0392. The van der Waals surface area contributed by atoms with Crippen molar-refractivity contribution in [3.8, 4) is 0 Å². The van der Waals surface area contributed by atoms with Crippen LogP contribution in [0.1, 0.15) is 48.0 Å². The SMILES string of the molecule is CN(C(=O)c1ccc(F)cc1)c1nc(C(=O)CC(C)(C)C)cs1. The third kappa shape index (κ3) is 4.45. The molecule has 0 radical (unpaired) electrons. The summed E-state index contributed by atoms with van der Waals surface area (Å²) in [6.07, 6.45) is 0.395. The van der Waals surface area contributed by atoms with Crippen molar-refractivity contribution in [3.05, 3.63) is 46.7 Å². The maximum absolute atomic E-state index is 12.9. The third-order valence-electron chi connectivity index (χ3n) is 3.15. The van der Waals surface area contributed by atoms with Crippen molar-refractivity contribution >= 4 is 28.2 Å². The normalized spacial score (nSPS) is 11.3. The fourth-order valence-electron chi connectivity index (χ4n) is 1.99. The number of Topliss-reactive ketones (excluding diaryl/α,β-unsaturated/α-hetero) is 1. The van der Waals surface area contributed by atoms with E-state index >= 15 is 0 Å². The van der Waals surface area contributed by atoms with Gasteiger partial charge in [-0.1, -0.05) is 20.8 Å². The number of carbonyl (C=O) groups is 2. The number of aromatic nitrogens is 1. The Morgan fingerprint density at radius 1 is 1.22 bits per heavy atom. The molecule has 0 saturated carbocycles. The first kappa shape index (κ1) is 17.3. The van der Waals surface area contributed by atoms with Gasteiger partial charge in [0.15, 0.2) is 10.9 Å². The Hall–Kier alpha value is -2.08. The van der Waals surface area contributed by atoms with Gasteiger partial charge in [-0.3, -0.25) is 14.5 Å². The molecule has 0 saturated heterocycles. The molecule has 0 aliphatic rings. The van der Waals surface area contributed by atoms with E-state index in [1.165, 1.54) is 40.5 Å². The molecule has 1 aromatic heterocycles. The molecule has 0 aliphatic carbocycles. The number of thiazole rings is 1. The number of anilines is 1.